The largest absolute Gasteiger partial charge is 0.290 e. The number of fused-ring (bicyclic) bond motifs is 3. The summed E-state index contributed by atoms with van der Waals surface area (Å²) in [4.78, 5) is 20.4. The van der Waals surface area contributed by atoms with Gasteiger partial charge in [0.05, 0.1) is 18.0 Å². The molecular formula is C18H17FN6O. The molecule has 1 fully saturated rings. The molecule has 2 aliphatic carbocycles. The molecule has 3 aromatic rings. The van der Waals surface area contributed by atoms with Gasteiger partial charge >= 0.3 is 0 Å². The quantitative estimate of drug-likeness (QED) is 0.783. The normalized spacial score (nSPS) is 19.3. The van der Waals surface area contributed by atoms with Gasteiger partial charge in [0.1, 0.15) is 6.33 Å². The summed E-state index contributed by atoms with van der Waals surface area (Å²) in [7, 11) is 0. The highest BCUT2D eigenvalue weighted by Gasteiger charge is 2.35. The minimum atomic E-state index is -0.552. The SMILES string of the molecule is O=C(Nc1ncc(F)cn1)c1cc2c(n3cnnc13)CCC2C1CCC1. The Balaban J connectivity index is 1.55. The Labute approximate surface area is 148 Å². The molecule has 1 unspecified atom stereocenters. The van der Waals surface area contributed by atoms with Gasteiger partial charge in [-0.05, 0) is 49.1 Å². The molecule has 5 rings (SSSR count). The van der Waals surface area contributed by atoms with Crippen LogP contribution in [0, 0.1) is 11.7 Å². The molecular weight excluding hydrogens is 335 g/mol. The van der Waals surface area contributed by atoms with Crippen molar-refractivity contribution in [3.63, 3.8) is 0 Å². The summed E-state index contributed by atoms with van der Waals surface area (Å²) in [5.41, 5.74) is 3.40. The van der Waals surface area contributed by atoms with Crippen LogP contribution < -0.4 is 5.32 Å². The van der Waals surface area contributed by atoms with E-state index in [1.165, 1.54) is 30.5 Å². The maximum Gasteiger partial charge on any atom is 0.261 e. The molecule has 7 nitrogen and oxygen atoms in total. The molecule has 0 aromatic carbocycles. The summed E-state index contributed by atoms with van der Waals surface area (Å²) in [5, 5.41) is 10.7. The van der Waals surface area contributed by atoms with Crippen molar-refractivity contribution in [3.8, 4) is 0 Å². The topological polar surface area (TPSA) is 85.1 Å². The lowest BCUT2D eigenvalue weighted by Gasteiger charge is -2.32. The summed E-state index contributed by atoms with van der Waals surface area (Å²) >= 11 is 0. The molecule has 0 aliphatic heterocycles. The number of hydrogen-bond donors (Lipinski definition) is 1. The van der Waals surface area contributed by atoms with Gasteiger partial charge in [0, 0.05) is 5.69 Å². The van der Waals surface area contributed by atoms with E-state index in [1.807, 2.05) is 10.5 Å². The number of amides is 1. The molecule has 26 heavy (non-hydrogen) atoms. The number of carbonyl (C=O) groups excluding carboxylic acids is 1. The van der Waals surface area contributed by atoms with Crippen LogP contribution in [0.25, 0.3) is 5.65 Å². The number of halogens is 1. The van der Waals surface area contributed by atoms with E-state index in [0.717, 1.165) is 25.2 Å². The van der Waals surface area contributed by atoms with Gasteiger partial charge in [-0.2, -0.15) is 0 Å². The third-order valence-electron chi connectivity index (χ3n) is 5.61. The third-order valence-corrected chi connectivity index (χ3v) is 5.61. The summed E-state index contributed by atoms with van der Waals surface area (Å²) in [6.45, 7) is 0. The van der Waals surface area contributed by atoms with Gasteiger partial charge in [0.15, 0.2) is 11.5 Å². The number of pyridine rings is 1. The van der Waals surface area contributed by atoms with Crippen LogP contribution in [0.15, 0.2) is 24.8 Å². The van der Waals surface area contributed by atoms with Crippen molar-refractivity contribution in [3.05, 3.63) is 47.4 Å². The van der Waals surface area contributed by atoms with E-state index < -0.39 is 5.82 Å². The Morgan fingerprint density at radius 3 is 2.77 bits per heavy atom. The third kappa shape index (κ3) is 2.36. The van der Waals surface area contributed by atoms with Crippen LogP contribution >= 0.6 is 0 Å². The average molecular weight is 352 g/mol. The lowest BCUT2D eigenvalue weighted by Crippen LogP contribution is -2.20. The first-order valence-electron chi connectivity index (χ1n) is 8.85. The van der Waals surface area contributed by atoms with Crippen molar-refractivity contribution in [2.75, 3.05) is 5.32 Å². The van der Waals surface area contributed by atoms with E-state index in [2.05, 4.69) is 25.5 Å². The number of hydrogen-bond acceptors (Lipinski definition) is 5. The van der Waals surface area contributed by atoms with E-state index in [4.69, 9.17) is 0 Å². The van der Waals surface area contributed by atoms with E-state index in [9.17, 15) is 9.18 Å². The smallest absolute Gasteiger partial charge is 0.261 e. The van der Waals surface area contributed by atoms with Crippen molar-refractivity contribution in [2.45, 2.75) is 38.0 Å². The van der Waals surface area contributed by atoms with Crippen molar-refractivity contribution >= 4 is 17.5 Å². The Kier molecular flexibility index (Phi) is 3.44. The number of nitrogens with one attached hydrogen (secondary N) is 1. The molecule has 3 aromatic heterocycles. The number of anilines is 1. The van der Waals surface area contributed by atoms with Crippen molar-refractivity contribution in [1.29, 1.82) is 0 Å². The zero-order chi connectivity index (χ0) is 17.7. The minimum Gasteiger partial charge on any atom is -0.290 e. The molecule has 0 saturated heterocycles. The van der Waals surface area contributed by atoms with Crippen LogP contribution in [0.2, 0.25) is 0 Å². The standard InChI is InChI=1S/C18H17FN6O/c19-11-7-20-18(21-8-11)23-17(26)14-6-13-12(10-2-1-3-10)4-5-15(13)25-9-22-24-16(14)25/h6-10,12H,1-5H2,(H,20,21,23,26). The molecule has 1 saturated carbocycles. The highest BCUT2D eigenvalue weighted by atomic mass is 19.1. The van der Waals surface area contributed by atoms with Crippen molar-refractivity contribution < 1.29 is 9.18 Å². The predicted molar refractivity (Wildman–Crippen MR) is 91.3 cm³/mol. The van der Waals surface area contributed by atoms with Gasteiger partial charge in [0.2, 0.25) is 5.95 Å². The first-order valence-corrected chi connectivity index (χ1v) is 8.85. The number of nitrogens with zero attached hydrogens (tertiary/aromatic N) is 5. The van der Waals surface area contributed by atoms with E-state index in [0.29, 0.717) is 23.0 Å². The van der Waals surface area contributed by atoms with Crippen LogP contribution in [-0.2, 0) is 6.42 Å². The Hall–Kier alpha value is -2.90. The zero-order valence-electron chi connectivity index (χ0n) is 14.0. The lowest BCUT2D eigenvalue weighted by molar-refractivity contribution is 0.102. The Morgan fingerprint density at radius 2 is 2.04 bits per heavy atom. The first kappa shape index (κ1) is 15.4. The van der Waals surface area contributed by atoms with Crippen LogP contribution in [0.1, 0.15) is 53.2 Å². The summed E-state index contributed by atoms with van der Waals surface area (Å²) in [6, 6.07) is 1.95. The van der Waals surface area contributed by atoms with E-state index in [1.54, 1.807) is 6.33 Å². The maximum atomic E-state index is 13.0. The van der Waals surface area contributed by atoms with Crippen LogP contribution in [0.4, 0.5) is 10.3 Å². The maximum absolute atomic E-state index is 13.0. The fraction of sp³-hybridized carbons (Fsp3) is 0.389. The molecule has 1 atom stereocenters. The highest BCUT2D eigenvalue weighted by molar-refractivity contribution is 6.07. The van der Waals surface area contributed by atoms with Crippen LogP contribution in [0.5, 0.6) is 0 Å². The molecule has 132 valence electrons. The number of carbonyl (C=O) groups is 1. The van der Waals surface area contributed by atoms with Gasteiger partial charge in [-0.3, -0.25) is 14.5 Å². The fourth-order valence-corrected chi connectivity index (χ4v) is 4.14. The summed E-state index contributed by atoms with van der Waals surface area (Å²) in [6.07, 6.45) is 9.61. The van der Waals surface area contributed by atoms with Gasteiger partial charge in [0.25, 0.3) is 5.91 Å². The predicted octanol–water partition coefficient (Wildman–Crippen LogP) is 2.74. The fourth-order valence-electron chi connectivity index (χ4n) is 4.14. The van der Waals surface area contributed by atoms with Gasteiger partial charge in [-0.15, -0.1) is 10.2 Å². The van der Waals surface area contributed by atoms with E-state index >= 15 is 0 Å². The monoisotopic (exact) mass is 352 g/mol. The molecule has 0 spiro atoms. The summed E-state index contributed by atoms with van der Waals surface area (Å²) in [5.74, 6) is 0.353. The molecule has 1 N–H and O–H groups in total. The Bertz CT molecular complexity index is 995. The number of rotatable bonds is 3. The Morgan fingerprint density at radius 1 is 1.23 bits per heavy atom. The molecule has 8 heteroatoms. The first-order chi connectivity index (χ1) is 12.7. The van der Waals surface area contributed by atoms with Crippen LogP contribution in [0.3, 0.4) is 0 Å². The molecule has 0 radical (unpaired) electrons. The molecule has 1 amide bonds. The van der Waals surface area contributed by atoms with Gasteiger partial charge in [-0.1, -0.05) is 6.42 Å². The van der Waals surface area contributed by atoms with Gasteiger partial charge in [-0.25, -0.2) is 14.4 Å². The summed E-state index contributed by atoms with van der Waals surface area (Å²) < 4.78 is 14.9. The van der Waals surface area contributed by atoms with E-state index in [-0.39, 0.29) is 11.9 Å². The van der Waals surface area contributed by atoms with Crippen molar-refractivity contribution in [1.82, 2.24) is 24.6 Å². The molecule has 2 aliphatic rings. The molecule has 3 heterocycles. The lowest BCUT2D eigenvalue weighted by atomic mass is 9.73. The van der Waals surface area contributed by atoms with Gasteiger partial charge < -0.3 is 0 Å². The second kappa shape index (κ2) is 5.82. The van der Waals surface area contributed by atoms with Crippen molar-refractivity contribution in [2.24, 2.45) is 5.92 Å². The number of aromatic nitrogens is 5. The van der Waals surface area contributed by atoms with Crippen LogP contribution in [-0.4, -0.2) is 30.5 Å². The zero-order valence-corrected chi connectivity index (χ0v) is 14.0. The second-order valence-corrected chi connectivity index (χ2v) is 7.00. The average Bonchev–Trinajstić information content (AvgIpc) is 3.21. The highest BCUT2D eigenvalue weighted by Crippen LogP contribution is 2.47. The number of aryl methyl sites for hydroxylation is 1. The molecule has 0 bridgehead atoms. The minimum absolute atomic E-state index is 0.0603. The second-order valence-electron chi connectivity index (χ2n) is 7.00.